The molecule has 0 bridgehead atoms. The molecule has 2 rings (SSSR count). The third kappa shape index (κ3) is 3.26. The van der Waals surface area contributed by atoms with Gasteiger partial charge in [0.1, 0.15) is 5.75 Å². The van der Waals surface area contributed by atoms with E-state index < -0.39 is 0 Å². The molecule has 0 saturated heterocycles. The first-order valence-corrected chi connectivity index (χ1v) is 7.08. The minimum Gasteiger partial charge on any atom is -0.490 e. The summed E-state index contributed by atoms with van der Waals surface area (Å²) in [5.41, 5.74) is 7.00. The van der Waals surface area contributed by atoms with Crippen LogP contribution in [0, 0.1) is 11.8 Å². The van der Waals surface area contributed by atoms with Crippen LogP contribution in [0.25, 0.3) is 0 Å². The molecular weight excluding hydrogens is 222 g/mol. The summed E-state index contributed by atoms with van der Waals surface area (Å²) in [6.07, 6.45) is 4.03. The van der Waals surface area contributed by atoms with Crippen molar-refractivity contribution < 1.29 is 4.74 Å². The first kappa shape index (κ1) is 13.4. The van der Waals surface area contributed by atoms with Gasteiger partial charge >= 0.3 is 0 Å². The second-order valence-corrected chi connectivity index (χ2v) is 5.87. The van der Waals surface area contributed by atoms with E-state index in [1.54, 1.807) is 0 Å². The van der Waals surface area contributed by atoms with Gasteiger partial charge in [0.25, 0.3) is 0 Å². The van der Waals surface area contributed by atoms with E-state index >= 15 is 0 Å². The predicted octanol–water partition coefficient (Wildman–Crippen LogP) is 3.91. The minimum absolute atomic E-state index is 0.0922. The molecular formula is C16H25NO. The molecule has 2 nitrogen and oxygen atoms in total. The molecule has 0 aromatic heterocycles. The molecule has 0 heterocycles. The third-order valence-electron chi connectivity index (χ3n) is 4.26. The van der Waals surface area contributed by atoms with E-state index in [4.69, 9.17) is 10.5 Å². The fourth-order valence-corrected chi connectivity index (χ4v) is 2.65. The van der Waals surface area contributed by atoms with Crippen LogP contribution in [-0.2, 0) is 0 Å². The Morgan fingerprint density at radius 2 is 1.78 bits per heavy atom. The van der Waals surface area contributed by atoms with E-state index in [1.807, 2.05) is 19.1 Å². The largest absolute Gasteiger partial charge is 0.490 e. The number of ether oxygens (including phenoxy) is 1. The quantitative estimate of drug-likeness (QED) is 0.879. The Morgan fingerprint density at radius 3 is 2.33 bits per heavy atom. The molecule has 1 saturated carbocycles. The Kier molecular flexibility index (Phi) is 4.28. The van der Waals surface area contributed by atoms with Crippen molar-refractivity contribution in [1.82, 2.24) is 0 Å². The first-order chi connectivity index (χ1) is 8.56. The first-order valence-electron chi connectivity index (χ1n) is 7.08. The van der Waals surface area contributed by atoms with Crippen LogP contribution in [0.1, 0.15) is 51.6 Å². The summed E-state index contributed by atoms with van der Waals surface area (Å²) in [5.74, 6) is 2.59. The highest BCUT2D eigenvalue weighted by atomic mass is 16.5. The minimum atomic E-state index is 0.0922. The van der Waals surface area contributed by atoms with Gasteiger partial charge in [-0.05, 0) is 55.7 Å². The maximum absolute atomic E-state index is 6.07. The van der Waals surface area contributed by atoms with Gasteiger partial charge in [0, 0.05) is 6.04 Å². The van der Waals surface area contributed by atoms with E-state index in [-0.39, 0.29) is 6.04 Å². The van der Waals surface area contributed by atoms with Crippen molar-refractivity contribution in [3.05, 3.63) is 29.8 Å². The zero-order valence-electron chi connectivity index (χ0n) is 11.7. The number of hydrogen-bond donors (Lipinski definition) is 1. The molecule has 1 aromatic rings. The van der Waals surface area contributed by atoms with Crippen molar-refractivity contribution in [2.75, 3.05) is 0 Å². The van der Waals surface area contributed by atoms with Crippen LogP contribution >= 0.6 is 0 Å². The van der Waals surface area contributed by atoms with Crippen molar-refractivity contribution in [2.45, 2.75) is 52.2 Å². The monoisotopic (exact) mass is 247 g/mol. The molecule has 0 spiro atoms. The zero-order chi connectivity index (χ0) is 13.1. The Morgan fingerprint density at radius 1 is 1.11 bits per heavy atom. The van der Waals surface area contributed by atoms with Crippen molar-refractivity contribution >= 4 is 0 Å². The van der Waals surface area contributed by atoms with E-state index in [1.165, 1.54) is 19.3 Å². The second kappa shape index (κ2) is 5.75. The lowest BCUT2D eigenvalue weighted by Gasteiger charge is -2.32. The van der Waals surface area contributed by atoms with Gasteiger partial charge in [-0.2, -0.15) is 0 Å². The highest BCUT2D eigenvalue weighted by molar-refractivity contribution is 5.28. The van der Waals surface area contributed by atoms with E-state index in [9.17, 15) is 0 Å². The highest BCUT2D eigenvalue weighted by Gasteiger charge is 2.25. The van der Waals surface area contributed by atoms with Gasteiger partial charge in [0.15, 0.2) is 0 Å². The van der Waals surface area contributed by atoms with Gasteiger partial charge in [-0.1, -0.05) is 26.0 Å². The Hall–Kier alpha value is -1.02. The Balaban J connectivity index is 1.93. The molecule has 100 valence electrons. The summed E-state index contributed by atoms with van der Waals surface area (Å²) < 4.78 is 6.07. The maximum Gasteiger partial charge on any atom is 0.119 e. The van der Waals surface area contributed by atoms with Crippen molar-refractivity contribution in [2.24, 2.45) is 17.6 Å². The molecule has 2 N–H and O–H groups in total. The number of nitrogens with two attached hydrogens (primary N) is 1. The average molecular weight is 247 g/mol. The number of benzene rings is 1. The van der Waals surface area contributed by atoms with Crippen LogP contribution in [-0.4, -0.2) is 6.10 Å². The van der Waals surface area contributed by atoms with Gasteiger partial charge in [-0.3, -0.25) is 0 Å². The zero-order valence-corrected chi connectivity index (χ0v) is 11.7. The smallest absolute Gasteiger partial charge is 0.119 e. The molecule has 0 amide bonds. The Labute approximate surface area is 111 Å². The van der Waals surface area contributed by atoms with Crippen LogP contribution in [0.2, 0.25) is 0 Å². The van der Waals surface area contributed by atoms with E-state index in [2.05, 4.69) is 26.0 Å². The summed E-state index contributed by atoms with van der Waals surface area (Å²) in [6, 6.07) is 8.31. The molecule has 4 atom stereocenters. The van der Waals surface area contributed by atoms with Crippen molar-refractivity contribution in [1.29, 1.82) is 0 Å². The Bertz CT molecular complexity index is 371. The summed E-state index contributed by atoms with van der Waals surface area (Å²) in [6.45, 7) is 6.68. The maximum atomic E-state index is 6.07. The van der Waals surface area contributed by atoms with Gasteiger partial charge in [0.05, 0.1) is 6.10 Å². The van der Waals surface area contributed by atoms with Gasteiger partial charge in [-0.15, -0.1) is 0 Å². The van der Waals surface area contributed by atoms with Crippen LogP contribution < -0.4 is 10.5 Å². The molecule has 0 radical (unpaired) electrons. The third-order valence-corrected chi connectivity index (χ3v) is 4.26. The van der Waals surface area contributed by atoms with Crippen LogP contribution in [0.3, 0.4) is 0 Å². The SMILES string of the molecule is CC(N)c1ccc(OC2CCC(C)C(C)C2)cc1. The predicted molar refractivity (Wildman–Crippen MR) is 75.6 cm³/mol. The van der Waals surface area contributed by atoms with Gasteiger partial charge < -0.3 is 10.5 Å². The van der Waals surface area contributed by atoms with Crippen molar-refractivity contribution in [3.8, 4) is 5.75 Å². The fourth-order valence-electron chi connectivity index (χ4n) is 2.65. The number of hydrogen-bond acceptors (Lipinski definition) is 2. The molecule has 1 aliphatic carbocycles. The lowest BCUT2D eigenvalue weighted by atomic mass is 9.80. The van der Waals surface area contributed by atoms with Gasteiger partial charge in [-0.25, -0.2) is 0 Å². The van der Waals surface area contributed by atoms with Gasteiger partial charge in [0.2, 0.25) is 0 Å². The normalized spacial score (nSPS) is 29.9. The molecule has 0 aliphatic heterocycles. The second-order valence-electron chi connectivity index (χ2n) is 5.87. The highest BCUT2D eigenvalue weighted by Crippen LogP contribution is 2.31. The summed E-state index contributed by atoms with van der Waals surface area (Å²) in [7, 11) is 0. The molecule has 1 aliphatic rings. The molecule has 1 fully saturated rings. The summed E-state index contributed by atoms with van der Waals surface area (Å²) in [4.78, 5) is 0. The topological polar surface area (TPSA) is 35.2 Å². The van der Waals surface area contributed by atoms with Crippen molar-refractivity contribution in [3.63, 3.8) is 0 Å². The lowest BCUT2D eigenvalue weighted by molar-refractivity contribution is 0.101. The fraction of sp³-hybridized carbons (Fsp3) is 0.625. The van der Waals surface area contributed by atoms with Crippen LogP contribution in [0.5, 0.6) is 5.75 Å². The molecule has 4 unspecified atom stereocenters. The van der Waals surface area contributed by atoms with Crippen LogP contribution in [0.15, 0.2) is 24.3 Å². The molecule has 1 aromatic carbocycles. The summed E-state index contributed by atoms with van der Waals surface area (Å²) >= 11 is 0. The molecule has 2 heteroatoms. The average Bonchev–Trinajstić information content (AvgIpc) is 2.34. The van der Waals surface area contributed by atoms with E-state index in [0.29, 0.717) is 6.10 Å². The van der Waals surface area contributed by atoms with Crippen LogP contribution in [0.4, 0.5) is 0 Å². The standard InChI is InChI=1S/C16H25NO/c1-11-4-7-16(10-12(11)2)18-15-8-5-14(6-9-15)13(3)17/h5-6,8-9,11-13,16H,4,7,10,17H2,1-3H3. The lowest BCUT2D eigenvalue weighted by Crippen LogP contribution is -2.28. The van der Waals surface area contributed by atoms with E-state index in [0.717, 1.165) is 23.1 Å². The molecule has 18 heavy (non-hydrogen) atoms. The number of rotatable bonds is 3. The summed E-state index contributed by atoms with van der Waals surface area (Å²) in [5, 5.41) is 0.